The number of hydrogen-bond donors (Lipinski definition) is 0. The topological polar surface area (TPSA) is 64.3 Å². The van der Waals surface area contributed by atoms with Crippen molar-refractivity contribution in [3.8, 4) is 5.69 Å². The van der Waals surface area contributed by atoms with Crippen molar-refractivity contribution in [1.29, 1.82) is 0 Å². The summed E-state index contributed by atoms with van der Waals surface area (Å²) in [5.74, 6) is 0.816. The van der Waals surface area contributed by atoms with Gasteiger partial charge in [0, 0.05) is 13.1 Å². The molecule has 1 aromatic carbocycles. The van der Waals surface area contributed by atoms with Crippen LogP contribution in [0.15, 0.2) is 45.3 Å². The van der Waals surface area contributed by atoms with Crippen LogP contribution in [-0.4, -0.2) is 33.0 Å². The highest BCUT2D eigenvalue weighted by Crippen LogP contribution is 2.22. The van der Waals surface area contributed by atoms with E-state index in [9.17, 15) is 14.4 Å². The Kier molecular flexibility index (Phi) is 5.17. The molecule has 6 nitrogen and oxygen atoms in total. The summed E-state index contributed by atoms with van der Waals surface area (Å²) >= 11 is 1.30. The smallest absolute Gasteiger partial charge is 0.336 e. The Labute approximate surface area is 173 Å². The highest BCUT2D eigenvalue weighted by molar-refractivity contribution is 7.17. The molecule has 1 saturated heterocycles. The fourth-order valence-corrected chi connectivity index (χ4v) is 5.16. The summed E-state index contributed by atoms with van der Waals surface area (Å²) in [5, 5.41) is 1.79. The van der Waals surface area contributed by atoms with Crippen molar-refractivity contribution in [2.24, 2.45) is 11.8 Å². The normalized spacial score (nSPS) is 19.6. The number of amides is 1. The van der Waals surface area contributed by atoms with Crippen LogP contribution < -0.4 is 11.2 Å². The second kappa shape index (κ2) is 7.63. The van der Waals surface area contributed by atoms with Gasteiger partial charge < -0.3 is 4.90 Å². The van der Waals surface area contributed by atoms with Gasteiger partial charge in [0.05, 0.1) is 11.2 Å². The second-order valence-corrected chi connectivity index (χ2v) is 9.14. The third kappa shape index (κ3) is 3.67. The average Bonchev–Trinajstić information content (AvgIpc) is 3.14. The maximum Gasteiger partial charge on any atom is 0.336 e. The Hall–Kier alpha value is -2.67. The molecule has 0 aliphatic carbocycles. The fraction of sp³-hybridized carbons (Fsp3) is 0.409. The molecule has 0 bridgehead atoms. The molecule has 0 unspecified atom stereocenters. The number of hydrogen-bond acceptors (Lipinski definition) is 4. The van der Waals surface area contributed by atoms with Crippen molar-refractivity contribution < 1.29 is 4.79 Å². The number of carbonyl (C=O) groups is 1. The molecule has 4 rings (SSSR count). The van der Waals surface area contributed by atoms with E-state index in [1.807, 2.05) is 30.0 Å². The van der Waals surface area contributed by atoms with Gasteiger partial charge in [0.2, 0.25) is 5.91 Å². The second-order valence-electron chi connectivity index (χ2n) is 8.23. The largest absolute Gasteiger partial charge is 0.341 e. The number of nitrogens with zero attached hydrogens (tertiary/aromatic N) is 3. The summed E-state index contributed by atoms with van der Waals surface area (Å²) in [5.41, 5.74) is 1.20. The van der Waals surface area contributed by atoms with Gasteiger partial charge in [0.25, 0.3) is 5.56 Å². The maximum atomic E-state index is 13.3. The predicted octanol–water partition coefficient (Wildman–Crippen LogP) is 3.03. The van der Waals surface area contributed by atoms with Crippen molar-refractivity contribution in [2.75, 3.05) is 13.1 Å². The third-order valence-corrected chi connectivity index (χ3v) is 6.42. The van der Waals surface area contributed by atoms with Crippen molar-refractivity contribution in [1.82, 2.24) is 14.0 Å². The van der Waals surface area contributed by atoms with Crippen LogP contribution in [0.3, 0.4) is 0 Å². The van der Waals surface area contributed by atoms with Gasteiger partial charge in [-0.25, -0.2) is 9.36 Å². The summed E-state index contributed by atoms with van der Waals surface area (Å²) in [6.45, 7) is 7.58. The first-order valence-corrected chi connectivity index (χ1v) is 10.8. The molecular weight excluding hydrogens is 386 g/mol. The van der Waals surface area contributed by atoms with Crippen molar-refractivity contribution in [2.45, 2.75) is 33.7 Å². The zero-order valence-electron chi connectivity index (χ0n) is 16.9. The van der Waals surface area contributed by atoms with Crippen LogP contribution in [0.1, 0.15) is 25.8 Å². The molecule has 3 heterocycles. The molecule has 3 aromatic rings. The van der Waals surface area contributed by atoms with Gasteiger partial charge in [-0.05, 0) is 54.3 Å². The van der Waals surface area contributed by atoms with Crippen LogP contribution in [0.4, 0.5) is 0 Å². The number of carbonyl (C=O) groups excluding carboxylic acids is 1. The van der Waals surface area contributed by atoms with Gasteiger partial charge in [-0.1, -0.05) is 26.0 Å². The fourth-order valence-electron chi connectivity index (χ4n) is 4.34. The van der Waals surface area contributed by atoms with Gasteiger partial charge in [-0.2, -0.15) is 0 Å². The van der Waals surface area contributed by atoms with E-state index >= 15 is 0 Å². The summed E-state index contributed by atoms with van der Waals surface area (Å²) in [6, 6.07) is 9.04. The average molecular weight is 412 g/mol. The molecule has 7 heteroatoms. The van der Waals surface area contributed by atoms with Crippen LogP contribution in [0.2, 0.25) is 0 Å². The third-order valence-electron chi connectivity index (χ3n) is 5.53. The van der Waals surface area contributed by atoms with E-state index in [2.05, 4.69) is 13.8 Å². The highest BCUT2D eigenvalue weighted by Gasteiger charge is 2.26. The molecule has 0 spiro atoms. The number of benzene rings is 1. The Balaban J connectivity index is 1.81. The number of aryl methyl sites for hydroxylation is 1. The number of aromatic nitrogens is 2. The lowest BCUT2D eigenvalue weighted by molar-refractivity contribution is -0.134. The van der Waals surface area contributed by atoms with E-state index in [-0.39, 0.29) is 18.0 Å². The molecule has 0 N–H and O–H groups in total. The Morgan fingerprint density at radius 1 is 1.14 bits per heavy atom. The standard InChI is InChI=1S/C22H25N3O3S/c1-14-5-4-6-17(10-14)25-21(27)20-18(7-8-29-20)24(22(25)28)13-19(26)23-11-15(2)9-16(3)12-23/h4-8,10,15-16H,9,11-13H2,1-3H3/t15-,16-/m0/s1. The molecule has 2 atom stereocenters. The maximum absolute atomic E-state index is 13.3. The molecule has 152 valence electrons. The monoisotopic (exact) mass is 411 g/mol. The first-order chi connectivity index (χ1) is 13.8. The zero-order valence-corrected chi connectivity index (χ0v) is 17.7. The van der Waals surface area contributed by atoms with Gasteiger partial charge in [0.1, 0.15) is 11.2 Å². The Bertz CT molecular complexity index is 1180. The van der Waals surface area contributed by atoms with Crippen LogP contribution in [-0.2, 0) is 11.3 Å². The van der Waals surface area contributed by atoms with Crippen molar-refractivity contribution >= 4 is 27.5 Å². The van der Waals surface area contributed by atoms with E-state index in [4.69, 9.17) is 0 Å². The molecule has 0 radical (unpaired) electrons. The number of thiophene rings is 1. The van der Waals surface area contributed by atoms with Gasteiger partial charge in [-0.15, -0.1) is 11.3 Å². The lowest BCUT2D eigenvalue weighted by atomic mass is 9.92. The number of piperidine rings is 1. The van der Waals surface area contributed by atoms with Gasteiger partial charge in [-0.3, -0.25) is 14.2 Å². The van der Waals surface area contributed by atoms with E-state index < -0.39 is 5.69 Å². The molecule has 29 heavy (non-hydrogen) atoms. The van der Waals surface area contributed by atoms with Crippen LogP contribution in [0.5, 0.6) is 0 Å². The van der Waals surface area contributed by atoms with Crippen LogP contribution >= 0.6 is 11.3 Å². The zero-order chi connectivity index (χ0) is 20.7. The Morgan fingerprint density at radius 2 is 1.86 bits per heavy atom. The first kappa shape index (κ1) is 19.6. The highest BCUT2D eigenvalue weighted by atomic mass is 32.1. The van der Waals surface area contributed by atoms with Gasteiger partial charge in [0.15, 0.2) is 0 Å². The Morgan fingerprint density at radius 3 is 2.55 bits per heavy atom. The summed E-state index contributed by atoms with van der Waals surface area (Å²) in [6.07, 6.45) is 1.11. The molecule has 1 aliphatic rings. The minimum atomic E-state index is -0.474. The van der Waals surface area contributed by atoms with Crippen molar-refractivity contribution in [3.63, 3.8) is 0 Å². The predicted molar refractivity (Wildman–Crippen MR) is 116 cm³/mol. The molecule has 2 aromatic heterocycles. The quantitative estimate of drug-likeness (QED) is 0.666. The first-order valence-electron chi connectivity index (χ1n) is 9.93. The SMILES string of the molecule is Cc1cccc(-n2c(=O)c3sccc3n(CC(=O)N3C[C@@H](C)C[C@H](C)C3)c2=O)c1. The molecule has 1 fully saturated rings. The lowest BCUT2D eigenvalue weighted by Gasteiger charge is -2.35. The molecular formula is C22H25N3O3S. The lowest BCUT2D eigenvalue weighted by Crippen LogP contribution is -2.46. The van der Waals surface area contributed by atoms with Gasteiger partial charge >= 0.3 is 5.69 Å². The number of likely N-dealkylation sites (tertiary alicyclic amines) is 1. The summed E-state index contributed by atoms with van der Waals surface area (Å²) in [7, 11) is 0. The van der Waals surface area contributed by atoms with Crippen LogP contribution in [0.25, 0.3) is 15.9 Å². The van der Waals surface area contributed by atoms with E-state index in [0.29, 0.717) is 40.8 Å². The molecule has 0 saturated carbocycles. The minimum absolute atomic E-state index is 0.0579. The number of rotatable bonds is 3. The molecule has 1 aliphatic heterocycles. The summed E-state index contributed by atoms with van der Waals surface area (Å²) < 4.78 is 3.11. The van der Waals surface area contributed by atoms with Crippen molar-refractivity contribution in [3.05, 3.63) is 62.1 Å². The van der Waals surface area contributed by atoms with E-state index in [0.717, 1.165) is 12.0 Å². The van der Waals surface area contributed by atoms with Crippen LogP contribution in [0, 0.1) is 18.8 Å². The summed E-state index contributed by atoms with van der Waals surface area (Å²) in [4.78, 5) is 41.2. The minimum Gasteiger partial charge on any atom is -0.341 e. The van der Waals surface area contributed by atoms with E-state index in [1.165, 1.54) is 20.5 Å². The van der Waals surface area contributed by atoms with E-state index in [1.54, 1.807) is 17.5 Å². The number of fused-ring (bicyclic) bond motifs is 1. The molecule has 1 amide bonds.